The van der Waals surface area contributed by atoms with Crippen LogP contribution in [0.5, 0.6) is 17.2 Å². The summed E-state index contributed by atoms with van der Waals surface area (Å²) in [4.78, 5) is 16.8. The van der Waals surface area contributed by atoms with E-state index in [1.54, 1.807) is 18.2 Å². The largest absolute Gasteiger partial charge is 0.484 e. The van der Waals surface area contributed by atoms with Gasteiger partial charge in [0.1, 0.15) is 12.0 Å². The van der Waals surface area contributed by atoms with Crippen molar-refractivity contribution < 1.29 is 23.4 Å². The maximum atomic E-state index is 12.5. The normalized spacial score (nSPS) is 16.6. The van der Waals surface area contributed by atoms with Crippen LogP contribution in [0.3, 0.4) is 0 Å². The predicted molar refractivity (Wildman–Crippen MR) is 98.4 cm³/mol. The highest BCUT2D eigenvalue weighted by atomic mass is 16.7. The van der Waals surface area contributed by atoms with Crippen LogP contribution in [0.4, 0.5) is 0 Å². The van der Waals surface area contributed by atoms with E-state index in [9.17, 15) is 4.79 Å². The van der Waals surface area contributed by atoms with Gasteiger partial charge >= 0.3 is 0 Å². The fourth-order valence-electron chi connectivity index (χ4n) is 3.53. The fraction of sp³-hybridized carbons (Fsp3) is 0.238. The number of hydrogen-bond donors (Lipinski definition) is 1. The first kappa shape index (κ1) is 16.7. The minimum Gasteiger partial charge on any atom is -0.484 e. The van der Waals surface area contributed by atoms with Crippen LogP contribution in [0.2, 0.25) is 0 Å². The summed E-state index contributed by atoms with van der Waals surface area (Å²) in [5, 5.41) is 3.03. The lowest BCUT2D eigenvalue weighted by Gasteiger charge is -2.12. The van der Waals surface area contributed by atoms with Crippen molar-refractivity contribution in [2.75, 3.05) is 6.79 Å². The first-order valence-corrected chi connectivity index (χ1v) is 9.12. The summed E-state index contributed by atoms with van der Waals surface area (Å²) in [7, 11) is 0. The zero-order valence-corrected chi connectivity index (χ0v) is 15.0. The van der Waals surface area contributed by atoms with Gasteiger partial charge < -0.3 is 23.9 Å². The zero-order chi connectivity index (χ0) is 18.9. The summed E-state index contributed by atoms with van der Waals surface area (Å²) in [5.74, 6) is 2.02. The SMILES string of the molecule is O=C(N[C@H]1CCc2ccccc21)c1coc(COc2ccc3c(c2)OCO3)n1. The molecule has 1 aromatic heterocycles. The summed E-state index contributed by atoms with van der Waals surface area (Å²) in [6.07, 6.45) is 3.21. The fourth-order valence-corrected chi connectivity index (χ4v) is 3.53. The van der Waals surface area contributed by atoms with Crippen LogP contribution in [0.15, 0.2) is 53.1 Å². The van der Waals surface area contributed by atoms with Crippen LogP contribution in [0.1, 0.15) is 40.0 Å². The first-order valence-electron chi connectivity index (χ1n) is 9.12. The van der Waals surface area contributed by atoms with Crippen molar-refractivity contribution in [3.8, 4) is 17.2 Å². The summed E-state index contributed by atoms with van der Waals surface area (Å²) >= 11 is 0. The van der Waals surface area contributed by atoms with E-state index in [1.807, 2.05) is 12.1 Å². The minimum atomic E-state index is -0.250. The molecule has 2 heterocycles. The molecule has 0 radical (unpaired) electrons. The second-order valence-corrected chi connectivity index (χ2v) is 6.69. The van der Waals surface area contributed by atoms with Gasteiger partial charge in [0.2, 0.25) is 12.7 Å². The quantitative estimate of drug-likeness (QED) is 0.733. The predicted octanol–water partition coefficient (Wildman–Crippen LogP) is 3.40. The van der Waals surface area contributed by atoms with Crippen LogP contribution in [0.25, 0.3) is 0 Å². The molecule has 1 atom stereocenters. The van der Waals surface area contributed by atoms with E-state index in [2.05, 4.69) is 22.4 Å². The Balaban J connectivity index is 1.21. The Morgan fingerprint density at radius 2 is 2.07 bits per heavy atom. The highest BCUT2D eigenvalue weighted by molar-refractivity contribution is 5.92. The van der Waals surface area contributed by atoms with E-state index in [1.165, 1.54) is 17.4 Å². The topological polar surface area (TPSA) is 82.8 Å². The lowest BCUT2D eigenvalue weighted by atomic mass is 10.1. The third-order valence-electron chi connectivity index (χ3n) is 4.93. The van der Waals surface area contributed by atoms with Crippen LogP contribution in [-0.2, 0) is 13.0 Å². The number of amides is 1. The number of aromatic nitrogens is 1. The molecule has 1 amide bonds. The van der Waals surface area contributed by atoms with E-state index in [4.69, 9.17) is 18.6 Å². The van der Waals surface area contributed by atoms with Crippen molar-refractivity contribution in [1.29, 1.82) is 0 Å². The van der Waals surface area contributed by atoms with Crippen molar-refractivity contribution in [2.45, 2.75) is 25.5 Å². The Morgan fingerprint density at radius 3 is 3.04 bits per heavy atom. The summed E-state index contributed by atoms with van der Waals surface area (Å²) in [5.41, 5.74) is 2.70. The molecule has 0 spiro atoms. The van der Waals surface area contributed by atoms with Gasteiger partial charge in [0.15, 0.2) is 23.8 Å². The van der Waals surface area contributed by atoms with Gasteiger partial charge in [0, 0.05) is 6.07 Å². The second-order valence-electron chi connectivity index (χ2n) is 6.69. The Kier molecular flexibility index (Phi) is 4.12. The summed E-state index contributed by atoms with van der Waals surface area (Å²) in [6, 6.07) is 13.5. The number of carbonyl (C=O) groups is 1. The number of ether oxygens (including phenoxy) is 3. The average molecular weight is 378 g/mol. The number of carbonyl (C=O) groups excluding carboxylic acids is 1. The molecule has 7 nitrogen and oxygen atoms in total. The zero-order valence-electron chi connectivity index (χ0n) is 15.0. The van der Waals surface area contributed by atoms with Crippen LogP contribution < -0.4 is 19.5 Å². The minimum absolute atomic E-state index is 0.00809. The molecule has 2 aromatic carbocycles. The molecule has 1 aliphatic heterocycles. The van der Waals surface area contributed by atoms with E-state index >= 15 is 0 Å². The number of fused-ring (bicyclic) bond motifs is 2. The standard InChI is InChI=1S/C21H18N2O5/c24-21(23-16-7-5-13-3-1-2-4-15(13)16)17-10-26-20(22-17)11-25-14-6-8-18-19(9-14)28-12-27-18/h1-4,6,8-10,16H,5,7,11-12H2,(H,23,24)/t16-/m0/s1. The van der Waals surface area contributed by atoms with Crippen LogP contribution in [0, 0.1) is 0 Å². The number of benzene rings is 2. The van der Waals surface area contributed by atoms with E-state index in [-0.39, 0.29) is 31.0 Å². The van der Waals surface area contributed by atoms with Gasteiger partial charge in [-0.2, -0.15) is 0 Å². The van der Waals surface area contributed by atoms with E-state index < -0.39 is 0 Å². The molecule has 5 rings (SSSR count). The maximum absolute atomic E-state index is 12.5. The lowest BCUT2D eigenvalue weighted by Crippen LogP contribution is -2.27. The van der Waals surface area contributed by atoms with Gasteiger partial charge in [-0.05, 0) is 36.1 Å². The van der Waals surface area contributed by atoms with Crippen molar-refractivity contribution in [3.05, 3.63) is 71.4 Å². The number of aryl methyl sites for hydroxylation is 1. The Labute approximate surface area is 161 Å². The van der Waals surface area contributed by atoms with E-state index in [0.717, 1.165) is 12.8 Å². The van der Waals surface area contributed by atoms with E-state index in [0.29, 0.717) is 23.1 Å². The van der Waals surface area contributed by atoms with Gasteiger partial charge in [-0.3, -0.25) is 4.79 Å². The molecule has 0 unspecified atom stereocenters. The Hall–Kier alpha value is -3.48. The van der Waals surface area contributed by atoms with Crippen molar-refractivity contribution in [1.82, 2.24) is 10.3 Å². The molecule has 7 heteroatoms. The molecule has 28 heavy (non-hydrogen) atoms. The Bertz CT molecular complexity index is 1030. The number of nitrogens with zero attached hydrogens (tertiary/aromatic N) is 1. The highest BCUT2D eigenvalue weighted by Crippen LogP contribution is 2.35. The van der Waals surface area contributed by atoms with Gasteiger partial charge in [0.25, 0.3) is 5.91 Å². The molecular weight excluding hydrogens is 360 g/mol. The van der Waals surface area contributed by atoms with Crippen LogP contribution in [-0.4, -0.2) is 17.7 Å². The number of oxazole rings is 1. The molecule has 3 aromatic rings. The Morgan fingerprint density at radius 1 is 1.18 bits per heavy atom. The van der Waals surface area contributed by atoms with Crippen LogP contribution >= 0.6 is 0 Å². The van der Waals surface area contributed by atoms with Gasteiger partial charge in [-0.25, -0.2) is 4.98 Å². The number of hydrogen-bond acceptors (Lipinski definition) is 6. The molecule has 0 saturated carbocycles. The van der Waals surface area contributed by atoms with Crippen molar-refractivity contribution in [2.24, 2.45) is 0 Å². The van der Waals surface area contributed by atoms with Gasteiger partial charge in [-0.15, -0.1) is 0 Å². The summed E-state index contributed by atoms with van der Waals surface area (Å²) in [6.45, 7) is 0.321. The summed E-state index contributed by atoms with van der Waals surface area (Å²) < 4.78 is 21.6. The molecule has 142 valence electrons. The van der Waals surface area contributed by atoms with Crippen molar-refractivity contribution >= 4 is 5.91 Å². The third-order valence-corrected chi connectivity index (χ3v) is 4.93. The second kappa shape index (κ2) is 6.92. The van der Waals surface area contributed by atoms with Gasteiger partial charge in [0.05, 0.1) is 6.04 Å². The average Bonchev–Trinajstić information content (AvgIpc) is 3.46. The molecule has 1 N–H and O–H groups in total. The third kappa shape index (κ3) is 3.15. The van der Waals surface area contributed by atoms with Gasteiger partial charge in [-0.1, -0.05) is 24.3 Å². The first-order chi connectivity index (χ1) is 13.8. The lowest BCUT2D eigenvalue weighted by molar-refractivity contribution is 0.0931. The van der Waals surface area contributed by atoms with Crippen molar-refractivity contribution in [3.63, 3.8) is 0 Å². The number of rotatable bonds is 5. The monoisotopic (exact) mass is 378 g/mol. The molecule has 0 saturated heterocycles. The number of nitrogens with one attached hydrogen (secondary N) is 1. The molecule has 0 fully saturated rings. The smallest absolute Gasteiger partial charge is 0.273 e. The molecule has 0 bridgehead atoms. The molecule has 2 aliphatic rings. The highest BCUT2D eigenvalue weighted by Gasteiger charge is 2.25. The molecular formula is C21H18N2O5. The molecule has 1 aliphatic carbocycles. The maximum Gasteiger partial charge on any atom is 0.273 e.